The Labute approximate surface area is 170 Å². The van der Waals surface area contributed by atoms with Crippen LogP contribution in [0.5, 0.6) is 11.8 Å². The van der Waals surface area contributed by atoms with Crippen molar-refractivity contribution in [1.29, 1.82) is 0 Å². The lowest BCUT2D eigenvalue weighted by molar-refractivity contribution is 0.411. The molecule has 0 saturated carbocycles. The van der Waals surface area contributed by atoms with Crippen molar-refractivity contribution in [2.24, 2.45) is 0 Å². The second kappa shape index (κ2) is 7.22. The maximum absolute atomic E-state index is 13.9. The summed E-state index contributed by atoms with van der Waals surface area (Å²) in [4.78, 5) is 21.6. The van der Waals surface area contributed by atoms with Crippen LogP contribution in [0.1, 0.15) is 6.42 Å². The normalized spacial score (nSPS) is 12.7. The second-order valence-electron chi connectivity index (χ2n) is 6.89. The van der Waals surface area contributed by atoms with Crippen molar-refractivity contribution in [2.45, 2.75) is 19.5 Å². The van der Waals surface area contributed by atoms with Crippen molar-refractivity contribution in [3.8, 4) is 34.3 Å². The predicted molar refractivity (Wildman–Crippen MR) is 106 cm³/mol. The van der Waals surface area contributed by atoms with Gasteiger partial charge in [-0.25, -0.2) is 18.4 Å². The number of hydrogen-bond donors (Lipinski definition) is 0. The van der Waals surface area contributed by atoms with E-state index in [1.165, 1.54) is 30.5 Å². The van der Waals surface area contributed by atoms with Gasteiger partial charge in [-0.05, 0) is 42.3 Å². The van der Waals surface area contributed by atoms with E-state index < -0.39 is 5.82 Å². The number of benzene rings is 2. The summed E-state index contributed by atoms with van der Waals surface area (Å²) in [6.45, 7) is 1.25. The molecule has 0 unspecified atom stereocenters. The van der Waals surface area contributed by atoms with E-state index >= 15 is 0 Å². The van der Waals surface area contributed by atoms with Crippen molar-refractivity contribution in [3.63, 3.8) is 0 Å². The van der Waals surface area contributed by atoms with Crippen LogP contribution in [-0.4, -0.2) is 19.3 Å². The van der Waals surface area contributed by atoms with Crippen molar-refractivity contribution >= 4 is 0 Å². The molecule has 0 aliphatic carbocycles. The summed E-state index contributed by atoms with van der Waals surface area (Å²) in [5, 5.41) is 0. The zero-order chi connectivity index (χ0) is 20.7. The summed E-state index contributed by atoms with van der Waals surface area (Å²) in [6, 6.07) is 13.4. The van der Waals surface area contributed by atoms with Gasteiger partial charge in [0.1, 0.15) is 5.82 Å². The van der Waals surface area contributed by atoms with E-state index in [1.54, 1.807) is 35.0 Å². The number of rotatable bonds is 4. The van der Waals surface area contributed by atoms with Crippen LogP contribution in [0.25, 0.3) is 22.5 Å². The molecule has 5 rings (SSSR count). The molecular weight excluding hydrogens is 390 g/mol. The van der Waals surface area contributed by atoms with Crippen LogP contribution in [0.15, 0.2) is 65.6 Å². The number of hydrogen-bond acceptors (Lipinski definition) is 4. The van der Waals surface area contributed by atoms with E-state index in [9.17, 15) is 13.6 Å². The molecule has 0 N–H and O–H groups in total. The molecule has 2 aromatic heterocycles. The van der Waals surface area contributed by atoms with Gasteiger partial charge in [0.2, 0.25) is 0 Å². The monoisotopic (exact) mass is 406 g/mol. The third-order valence-corrected chi connectivity index (χ3v) is 5.02. The van der Waals surface area contributed by atoms with Crippen LogP contribution in [-0.2, 0) is 13.1 Å². The van der Waals surface area contributed by atoms with Gasteiger partial charge in [-0.2, -0.15) is 4.98 Å². The smallest absolute Gasteiger partial charge is 0.322 e. The molecule has 0 amide bonds. The molecule has 1 aliphatic heterocycles. The van der Waals surface area contributed by atoms with Crippen molar-refractivity contribution in [3.05, 3.63) is 82.8 Å². The van der Waals surface area contributed by atoms with Crippen LogP contribution in [0.2, 0.25) is 0 Å². The highest BCUT2D eigenvalue weighted by atomic mass is 19.1. The van der Waals surface area contributed by atoms with Gasteiger partial charge >= 0.3 is 6.01 Å². The third-order valence-electron chi connectivity index (χ3n) is 5.02. The highest BCUT2D eigenvalue weighted by molar-refractivity contribution is 5.79. The molecule has 30 heavy (non-hydrogen) atoms. The zero-order valence-electron chi connectivity index (χ0n) is 15.8. The van der Waals surface area contributed by atoms with E-state index in [0.29, 0.717) is 35.6 Å². The van der Waals surface area contributed by atoms with E-state index in [2.05, 4.69) is 9.97 Å². The van der Waals surface area contributed by atoms with Crippen molar-refractivity contribution < 1.29 is 13.5 Å². The zero-order valence-corrected chi connectivity index (χ0v) is 15.8. The number of fused-ring (bicyclic) bond motifs is 1. The Hall–Kier alpha value is -3.81. The first kappa shape index (κ1) is 18.2. The highest BCUT2D eigenvalue weighted by Crippen LogP contribution is 2.32. The quantitative estimate of drug-likeness (QED) is 0.508. The molecular formula is C22H16F2N4O2. The lowest BCUT2D eigenvalue weighted by Gasteiger charge is -2.10. The highest BCUT2D eigenvalue weighted by Gasteiger charge is 2.26. The molecule has 2 aromatic carbocycles. The Balaban J connectivity index is 1.64. The van der Waals surface area contributed by atoms with Crippen LogP contribution in [0.3, 0.4) is 0 Å². The minimum Gasteiger partial charge on any atom is -0.421 e. The van der Waals surface area contributed by atoms with Crippen molar-refractivity contribution in [2.75, 3.05) is 0 Å². The van der Waals surface area contributed by atoms with Gasteiger partial charge in [0.15, 0.2) is 11.6 Å². The number of aromatic nitrogens is 4. The molecule has 3 heterocycles. The average Bonchev–Trinajstić information content (AvgIpc) is 3.33. The van der Waals surface area contributed by atoms with E-state index in [-0.39, 0.29) is 23.1 Å². The van der Waals surface area contributed by atoms with Gasteiger partial charge in [-0.15, -0.1) is 0 Å². The fraction of sp³-hybridized carbons (Fsp3) is 0.136. The standard InChI is InChI=1S/C22H16F2N4O2/c23-15-8-6-14(7-9-15)19-20(27-12-3-13-28(27)21(19)29)17-10-11-25-22(26-17)30-18-5-2-1-4-16(18)24/h1-2,4-11H,3,12-13H2. The Kier molecular flexibility index (Phi) is 4.39. The van der Waals surface area contributed by atoms with Crippen molar-refractivity contribution in [1.82, 2.24) is 19.3 Å². The maximum Gasteiger partial charge on any atom is 0.322 e. The summed E-state index contributed by atoms with van der Waals surface area (Å²) in [5.74, 6) is -0.901. The van der Waals surface area contributed by atoms with E-state index in [4.69, 9.17) is 4.74 Å². The summed E-state index contributed by atoms with van der Waals surface area (Å²) in [6.07, 6.45) is 2.33. The Bertz CT molecular complexity index is 1300. The van der Waals surface area contributed by atoms with Gasteiger partial charge in [0.25, 0.3) is 5.56 Å². The first-order valence-electron chi connectivity index (χ1n) is 9.47. The first-order chi connectivity index (χ1) is 14.6. The molecule has 0 bridgehead atoms. The van der Waals surface area contributed by atoms with Gasteiger partial charge in [0.05, 0.1) is 17.0 Å². The van der Waals surface area contributed by atoms with Gasteiger partial charge in [-0.3, -0.25) is 9.48 Å². The fourth-order valence-electron chi connectivity index (χ4n) is 3.70. The molecule has 0 spiro atoms. The molecule has 0 fully saturated rings. The molecule has 6 nitrogen and oxygen atoms in total. The van der Waals surface area contributed by atoms with Crippen LogP contribution >= 0.6 is 0 Å². The van der Waals surface area contributed by atoms with Crippen LogP contribution < -0.4 is 10.3 Å². The molecule has 0 radical (unpaired) electrons. The molecule has 8 heteroatoms. The Morgan fingerprint density at radius 3 is 2.50 bits per heavy atom. The minimum atomic E-state index is -0.528. The lowest BCUT2D eigenvalue weighted by Crippen LogP contribution is -2.17. The largest absolute Gasteiger partial charge is 0.421 e. The molecule has 1 aliphatic rings. The topological polar surface area (TPSA) is 61.9 Å². The summed E-state index contributed by atoms with van der Waals surface area (Å²) in [5.41, 5.74) is 1.94. The van der Waals surface area contributed by atoms with Crippen LogP contribution in [0.4, 0.5) is 8.78 Å². The molecule has 4 aromatic rings. The third kappa shape index (κ3) is 3.06. The predicted octanol–water partition coefficient (Wildman–Crippen LogP) is 4.25. The number of nitrogens with zero attached hydrogens (tertiary/aromatic N) is 4. The number of halogens is 2. The Morgan fingerprint density at radius 2 is 1.70 bits per heavy atom. The summed E-state index contributed by atoms with van der Waals surface area (Å²) < 4.78 is 36.4. The maximum atomic E-state index is 13.9. The minimum absolute atomic E-state index is 0.00712. The van der Waals surface area contributed by atoms with E-state index in [1.807, 2.05) is 4.68 Å². The molecule has 0 saturated heterocycles. The van der Waals surface area contributed by atoms with Gasteiger partial charge in [-0.1, -0.05) is 24.3 Å². The molecule has 150 valence electrons. The number of ether oxygens (including phenoxy) is 1. The van der Waals surface area contributed by atoms with Gasteiger partial charge in [0, 0.05) is 19.3 Å². The summed E-state index contributed by atoms with van der Waals surface area (Å²) in [7, 11) is 0. The van der Waals surface area contributed by atoms with Gasteiger partial charge < -0.3 is 4.74 Å². The second-order valence-corrected chi connectivity index (χ2v) is 6.89. The summed E-state index contributed by atoms with van der Waals surface area (Å²) >= 11 is 0. The average molecular weight is 406 g/mol. The van der Waals surface area contributed by atoms with E-state index in [0.717, 1.165) is 6.42 Å². The van der Waals surface area contributed by atoms with Crippen LogP contribution in [0, 0.1) is 11.6 Å². The lowest BCUT2D eigenvalue weighted by atomic mass is 10.0. The fourth-order valence-corrected chi connectivity index (χ4v) is 3.70. The number of para-hydroxylation sites is 1. The first-order valence-corrected chi connectivity index (χ1v) is 9.47. The molecule has 0 atom stereocenters. The Morgan fingerprint density at radius 1 is 0.933 bits per heavy atom. The SMILES string of the molecule is O=c1c(-c2ccc(F)cc2)c(-c2ccnc(Oc3ccccc3F)n2)n2n1CCC2.